The number of sulfonamides is 1. The van der Waals surface area contributed by atoms with E-state index in [0.717, 1.165) is 18.0 Å². The molecule has 0 bridgehead atoms. The van der Waals surface area contributed by atoms with E-state index in [2.05, 4.69) is 21.8 Å². The van der Waals surface area contributed by atoms with Crippen LogP contribution in [0.25, 0.3) is 11.0 Å². The lowest BCUT2D eigenvalue weighted by atomic mass is 10.2. The van der Waals surface area contributed by atoms with Crippen LogP contribution in [0, 0.1) is 0 Å². The van der Waals surface area contributed by atoms with Crippen molar-refractivity contribution in [3.63, 3.8) is 0 Å². The number of benzene rings is 2. The minimum absolute atomic E-state index is 0.126. The van der Waals surface area contributed by atoms with Crippen molar-refractivity contribution in [3.8, 4) is 5.75 Å². The summed E-state index contributed by atoms with van der Waals surface area (Å²) in [6, 6.07) is 12.3. The van der Waals surface area contributed by atoms with Crippen molar-refractivity contribution in [3.05, 3.63) is 52.9 Å². The molecule has 1 atom stereocenters. The van der Waals surface area contributed by atoms with Crippen LogP contribution in [0.4, 0.5) is 5.69 Å². The molecule has 1 aromatic heterocycles. The molecule has 0 unspecified atom stereocenters. The normalized spacial score (nSPS) is 17.0. The maximum Gasteiger partial charge on any atom is 0.323 e. The zero-order chi connectivity index (χ0) is 19.9. The average Bonchev–Trinajstić information content (AvgIpc) is 3.06. The largest absolute Gasteiger partial charge is 0.485 e. The Morgan fingerprint density at radius 3 is 2.71 bits per heavy atom. The maximum absolute atomic E-state index is 13.0. The molecule has 2 aromatic carbocycles. The summed E-state index contributed by atoms with van der Waals surface area (Å²) >= 11 is 0. The molecule has 0 radical (unpaired) electrons. The van der Waals surface area contributed by atoms with Crippen LogP contribution < -0.4 is 15.3 Å². The quantitative estimate of drug-likeness (QED) is 0.678. The van der Waals surface area contributed by atoms with Gasteiger partial charge in [-0.05, 0) is 37.3 Å². The van der Waals surface area contributed by atoms with Crippen LogP contribution >= 0.6 is 0 Å². The van der Waals surface area contributed by atoms with Gasteiger partial charge in [0.15, 0.2) is 0 Å². The highest BCUT2D eigenvalue weighted by molar-refractivity contribution is 7.89. The summed E-state index contributed by atoms with van der Waals surface area (Å²) in [6.45, 7) is 3.70. The number of imidazole rings is 1. The Balaban J connectivity index is 1.56. The van der Waals surface area contributed by atoms with Crippen molar-refractivity contribution in [2.75, 3.05) is 31.6 Å². The summed E-state index contributed by atoms with van der Waals surface area (Å²) in [4.78, 5) is 18.9. The van der Waals surface area contributed by atoms with E-state index in [9.17, 15) is 13.2 Å². The molecule has 0 aliphatic carbocycles. The number of H-pyrrole nitrogens is 2. The van der Waals surface area contributed by atoms with Crippen LogP contribution in [0.2, 0.25) is 0 Å². The predicted molar refractivity (Wildman–Crippen MR) is 107 cm³/mol. The Kier molecular flexibility index (Phi) is 4.64. The van der Waals surface area contributed by atoms with Crippen molar-refractivity contribution in [1.82, 2.24) is 14.3 Å². The van der Waals surface area contributed by atoms with Crippen LogP contribution in [0.15, 0.2) is 52.2 Å². The number of fused-ring (bicyclic) bond motifs is 2. The highest BCUT2D eigenvalue weighted by atomic mass is 32.2. The second-order valence-electron chi connectivity index (χ2n) is 6.82. The number of likely N-dealkylation sites (N-methyl/N-ethyl adjacent to an activating group) is 2. The summed E-state index contributed by atoms with van der Waals surface area (Å²) in [5, 5.41) is 0. The van der Waals surface area contributed by atoms with Gasteiger partial charge in [-0.15, -0.1) is 0 Å². The monoisotopic (exact) mass is 402 g/mol. The second-order valence-corrected chi connectivity index (χ2v) is 8.86. The highest BCUT2D eigenvalue weighted by Crippen LogP contribution is 2.33. The van der Waals surface area contributed by atoms with E-state index in [1.165, 1.54) is 16.4 Å². The summed E-state index contributed by atoms with van der Waals surface area (Å²) in [5.74, 6) is 0.762. The Bertz CT molecular complexity index is 1170. The number of nitrogens with zero attached hydrogens (tertiary/aromatic N) is 2. The van der Waals surface area contributed by atoms with Crippen molar-refractivity contribution in [2.45, 2.75) is 17.9 Å². The fourth-order valence-electron chi connectivity index (χ4n) is 3.51. The Morgan fingerprint density at radius 1 is 1.18 bits per heavy atom. The third-order valence-corrected chi connectivity index (χ3v) is 6.78. The minimum Gasteiger partial charge on any atom is -0.485 e. The summed E-state index contributed by atoms with van der Waals surface area (Å²) in [6.07, 6.45) is -0.287. The molecule has 0 fully saturated rings. The summed E-state index contributed by atoms with van der Waals surface area (Å²) < 4.78 is 33.4. The van der Waals surface area contributed by atoms with Crippen LogP contribution in [0.1, 0.15) is 6.92 Å². The highest BCUT2D eigenvalue weighted by Gasteiger charge is 2.30. The van der Waals surface area contributed by atoms with Gasteiger partial charge in [0.2, 0.25) is 10.0 Å². The lowest BCUT2D eigenvalue weighted by Gasteiger charge is -2.36. The van der Waals surface area contributed by atoms with Gasteiger partial charge in [-0.1, -0.05) is 12.1 Å². The number of anilines is 1. The number of nitrogens with one attached hydrogen (secondary N) is 2. The van der Waals surface area contributed by atoms with Gasteiger partial charge in [0, 0.05) is 13.6 Å². The molecule has 8 nitrogen and oxygen atoms in total. The zero-order valence-electron chi connectivity index (χ0n) is 15.7. The molecule has 2 N–H and O–H groups in total. The Morgan fingerprint density at radius 2 is 1.93 bits per heavy atom. The first-order chi connectivity index (χ1) is 13.4. The SMILES string of the molecule is CCN1C[C@@H](CN(C)S(=O)(=O)c2ccc3[nH]c(=O)[nH]c3c2)Oc2ccccc21. The van der Waals surface area contributed by atoms with Gasteiger partial charge in [0.25, 0.3) is 0 Å². The lowest BCUT2D eigenvalue weighted by molar-refractivity contribution is 0.171. The molecule has 0 saturated carbocycles. The average molecular weight is 402 g/mol. The molecule has 0 spiro atoms. The predicted octanol–water partition coefficient (Wildman–Crippen LogP) is 1.76. The summed E-state index contributed by atoms with van der Waals surface area (Å²) in [5.41, 5.74) is 1.68. The van der Waals surface area contributed by atoms with Gasteiger partial charge >= 0.3 is 5.69 Å². The third kappa shape index (κ3) is 3.27. The first kappa shape index (κ1) is 18.6. The van der Waals surface area contributed by atoms with E-state index >= 15 is 0 Å². The lowest BCUT2D eigenvalue weighted by Crippen LogP contribution is -2.46. The van der Waals surface area contributed by atoms with E-state index in [-0.39, 0.29) is 23.2 Å². The van der Waals surface area contributed by atoms with Crippen LogP contribution in [0.3, 0.4) is 0 Å². The first-order valence-electron chi connectivity index (χ1n) is 9.07. The Hall–Kier alpha value is -2.78. The van der Waals surface area contributed by atoms with Gasteiger partial charge in [0.05, 0.1) is 34.7 Å². The number of aromatic amines is 2. The molecule has 1 aliphatic heterocycles. The molecule has 3 aromatic rings. The number of para-hydroxylation sites is 2. The van der Waals surface area contributed by atoms with E-state index in [1.54, 1.807) is 13.1 Å². The van der Waals surface area contributed by atoms with Gasteiger partial charge in [-0.3, -0.25) is 0 Å². The van der Waals surface area contributed by atoms with Gasteiger partial charge in [-0.2, -0.15) is 4.31 Å². The van der Waals surface area contributed by atoms with Crippen LogP contribution in [-0.4, -0.2) is 55.5 Å². The van der Waals surface area contributed by atoms with E-state index in [0.29, 0.717) is 17.6 Å². The molecule has 9 heteroatoms. The number of hydrogen-bond donors (Lipinski definition) is 2. The molecule has 28 heavy (non-hydrogen) atoms. The van der Waals surface area contributed by atoms with Crippen molar-refractivity contribution >= 4 is 26.7 Å². The van der Waals surface area contributed by atoms with Crippen molar-refractivity contribution in [2.24, 2.45) is 0 Å². The molecule has 1 aliphatic rings. The van der Waals surface area contributed by atoms with E-state index in [4.69, 9.17) is 4.74 Å². The molecule has 4 rings (SSSR count). The standard InChI is InChI=1S/C19H22N4O4S/c1-3-23-12-13(27-18-7-5-4-6-17(18)23)11-22(2)28(25,26)14-8-9-15-16(10-14)21-19(24)20-15/h4-10,13H,3,11-12H2,1-2H3,(H2,20,21,24)/t13-/m1/s1. The van der Waals surface area contributed by atoms with Crippen molar-refractivity contribution in [1.29, 1.82) is 0 Å². The molecule has 2 heterocycles. The van der Waals surface area contributed by atoms with E-state index < -0.39 is 10.0 Å². The van der Waals surface area contributed by atoms with Gasteiger partial charge < -0.3 is 19.6 Å². The molecule has 0 saturated heterocycles. The molecule has 0 amide bonds. The smallest absolute Gasteiger partial charge is 0.323 e. The number of hydrogen-bond acceptors (Lipinski definition) is 5. The first-order valence-corrected chi connectivity index (χ1v) is 10.5. The zero-order valence-corrected chi connectivity index (χ0v) is 16.5. The van der Waals surface area contributed by atoms with Gasteiger partial charge in [0.1, 0.15) is 11.9 Å². The summed E-state index contributed by atoms with van der Waals surface area (Å²) in [7, 11) is -2.18. The second kappa shape index (κ2) is 6.99. The van der Waals surface area contributed by atoms with Crippen LogP contribution in [0.5, 0.6) is 5.75 Å². The van der Waals surface area contributed by atoms with Gasteiger partial charge in [-0.25, -0.2) is 13.2 Å². The number of aromatic nitrogens is 2. The number of ether oxygens (including phenoxy) is 1. The van der Waals surface area contributed by atoms with Crippen molar-refractivity contribution < 1.29 is 13.2 Å². The fourth-order valence-corrected chi connectivity index (χ4v) is 4.74. The molecule has 148 valence electrons. The molecular weight excluding hydrogens is 380 g/mol. The number of rotatable bonds is 5. The van der Waals surface area contributed by atoms with Crippen LogP contribution in [-0.2, 0) is 10.0 Å². The Labute approximate surface area is 162 Å². The minimum atomic E-state index is -3.72. The fraction of sp³-hybridized carbons (Fsp3) is 0.316. The topological polar surface area (TPSA) is 98.5 Å². The molecular formula is C19H22N4O4S. The van der Waals surface area contributed by atoms with E-state index in [1.807, 2.05) is 24.3 Å². The maximum atomic E-state index is 13.0. The third-order valence-electron chi connectivity index (χ3n) is 4.96.